The van der Waals surface area contributed by atoms with E-state index in [0.29, 0.717) is 23.1 Å². The van der Waals surface area contributed by atoms with E-state index < -0.39 is 0 Å². The molecule has 1 aromatic heterocycles. The van der Waals surface area contributed by atoms with Gasteiger partial charge in [0.25, 0.3) is 0 Å². The molecular formula is C12H16N4. The molecule has 1 atom stereocenters. The van der Waals surface area contributed by atoms with Gasteiger partial charge in [0.15, 0.2) is 5.82 Å². The van der Waals surface area contributed by atoms with Gasteiger partial charge < -0.3 is 11.1 Å². The number of nitrogen functional groups attached to an aromatic ring is 1. The molecule has 0 aromatic carbocycles. The van der Waals surface area contributed by atoms with Gasteiger partial charge in [0, 0.05) is 12.2 Å². The largest absolute Gasteiger partial charge is 0.395 e. The molecule has 1 fully saturated rings. The van der Waals surface area contributed by atoms with E-state index in [0.717, 1.165) is 12.3 Å². The smallest absolute Gasteiger partial charge is 0.150 e. The molecule has 2 rings (SSSR count). The summed E-state index contributed by atoms with van der Waals surface area (Å²) in [5.41, 5.74) is 6.78. The standard InChI is InChI=1S/C12H16N4/c1-8(6-9-2-3-9)16-12-11(14)10(7-13)4-5-15-12/h4-5,8-9H,2-3,6,14H2,1H3,(H,15,16). The monoisotopic (exact) mass is 216 g/mol. The molecule has 0 radical (unpaired) electrons. The predicted octanol–water partition coefficient (Wildman–Crippen LogP) is 2.14. The van der Waals surface area contributed by atoms with E-state index >= 15 is 0 Å². The van der Waals surface area contributed by atoms with Crippen LogP contribution >= 0.6 is 0 Å². The minimum Gasteiger partial charge on any atom is -0.395 e. The zero-order chi connectivity index (χ0) is 11.5. The summed E-state index contributed by atoms with van der Waals surface area (Å²) in [6, 6.07) is 4.05. The number of anilines is 2. The Hall–Kier alpha value is -1.76. The summed E-state index contributed by atoms with van der Waals surface area (Å²) in [4.78, 5) is 4.17. The van der Waals surface area contributed by atoms with E-state index in [4.69, 9.17) is 11.0 Å². The molecule has 1 heterocycles. The number of nitrogens with zero attached hydrogens (tertiary/aromatic N) is 2. The summed E-state index contributed by atoms with van der Waals surface area (Å²) in [6.07, 6.45) is 5.44. The van der Waals surface area contributed by atoms with Gasteiger partial charge in [-0.1, -0.05) is 12.8 Å². The Kier molecular flexibility index (Phi) is 2.95. The van der Waals surface area contributed by atoms with E-state index in [9.17, 15) is 0 Å². The highest BCUT2D eigenvalue weighted by molar-refractivity contribution is 5.69. The topological polar surface area (TPSA) is 74.7 Å². The second kappa shape index (κ2) is 4.40. The summed E-state index contributed by atoms with van der Waals surface area (Å²) in [7, 11) is 0. The van der Waals surface area contributed by atoms with Gasteiger partial charge in [0.1, 0.15) is 6.07 Å². The molecule has 1 aliphatic rings. The van der Waals surface area contributed by atoms with Crippen LogP contribution < -0.4 is 11.1 Å². The van der Waals surface area contributed by atoms with Crippen molar-refractivity contribution in [2.24, 2.45) is 5.92 Å². The molecule has 0 aliphatic heterocycles. The summed E-state index contributed by atoms with van der Waals surface area (Å²) < 4.78 is 0. The van der Waals surface area contributed by atoms with Gasteiger partial charge in [-0.3, -0.25) is 0 Å². The van der Waals surface area contributed by atoms with Gasteiger partial charge in [-0.2, -0.15) is 5.26 Å². The number of hydrogen-bond donors (Lipinski definition) is 2. The van der Waals surface area contributed by atoms with Gasteiger partial charge in [-0.15, -0.1) is 0 Å². The fraction of sp³-hybridized carbons (Fsp3) is 0.500. The van der Waals surface area contributed by atoms with Crippen molar-refractivity contribution in [3.05, 3.63) is 17.8 Å². The van der Waals surface area contributed by atoms with Gasteiger partial charge in [0.05, 0.1) is 11.3 Å². The van der Waals surface area contributed by atoms with Crippen LogP contribution in [0.5, 0.6) is 0 Å². The van der Waals surface area contributed by atoms with E-state index in [2.05, 4.69) is 23.3 Å². The zero-order valence-corrected chi connectivity index (χ0v) is 9.40. The Balaban J connectivity index is 2.05. The molecule has 84 valence electrons. The number of nitrogens with two attached hydrogens (primary N) is 1. The maximum absolute atomic E-state index is 8.85. The Morgan fingerprint density at radius 1 is 1.69 bits per heavy atom. The molecule has 0 spiro atoms. The highest BCUT2D eigenvalue weighted by Crippen LogP contribution is 2.34. The first kappa shape index (κ1) is 10.7. The average Bonchev–Trinajstić information content (AvgIpc) is 3.05. The third-order valence-electron chi connectivity index (χ3n) is 2.88. The van der Waals surface area contributed by atoms with E-state index in [1.165, 1.54) is 12.8 Å². The summed E-state index contributed by atoms with van der Waals surface area (Å²) in [5, 5.41) is 12.1. The van der Waals surface area contributed by atoms with Gasteiger partial charge in [0.2, 0.25) is 0 Å². The maximum Gasteiger partial charge on any atom is 0.150 e. The second-order valence-corrected chi connectivity index (χ2v) is 4.46. The van der Waals surface area contributed by atoms with Gasteiger partial charge >= 0.3 is 0 Å². The summed E-state index contributed by atoms with van der Waals surface area (Å²) in [6.45, 7) is 2.12. The minimum atomic E-state index is 0.358. The highest BCUT2D eigenvalue weighted by Gasteiger charge is 2.23. The first-order valence-electron chi connectivity index (χ1n) is 5.62. The van der Waals surface area contributed by atoms with Crippen molar-refractivity contribution in [3.63, 3.8) is 0 Å². The van der Waals surface area contributed by atoms with Crippen LogP contribution in [0.15, 0.2) is 12.3 Å². The molecule has 0 bridgehead atoms. The minimum absolute atomic E-state index is 0.358. The van der Waals surface area contributed by atoms with Crippen molar-refractivity contribution in [1.29, 1.82) is 5.26 Å². The third kappa shape index (κ3) is 2.43. The van der Waals surface area contributed by atoms with Crippen molar-refractivity contribution in [2.45, 2.75) is 32.2 Å². The fourth-order valence-electron chi connectivity index (χ4n) is 1.83. The number of nitriles is 1. The fourth-order valence-corrected chi connectivity index (χ4v) is 1.83. The molecule has 1 aliphatic carbocycles. The van der Waals surface area contributed by atoms with E-state index in [-0.39, 0.29) is 0 Å². The quantitative estimate of drug-likeness (QED) is 0.808. The van der Waals surface area contributed by atoms with Gasteiger partial charge in [-0.25, -0.2) is 4.98 Å². The van der Waals surface area contributed by atoms with Crippen LogP contribution in [0.2, 0.25) is 0 Å². The lowest BCUT2D eigenvalue weighted by atomic mass is 10.1. The van der Waals surface area contributed by atoms with Gasteiger partial charge in [-0.05, 0) is 25.3 Å². The maximum atomic E-state index is 8.85. The van der Waals surface area contributed by atoms with E-state index in [1.54, 1.807) is 12.3 Å². The van der Waals surface area contributed by atoms with Crippen molar-refractivity contribution in [2.75, 3.05) is 11.1 Å². The zero-order valence-electron chi connectivity index (χ0n) is 9.40. The molecule has 1 aromatic rings. The van der Waals surface area contributed by atoms with Crippen LogP contribution in [0.1, 0.15) is 31.7 Å². The molecule has 4 heteroatoms. The van der Waals surface area contributed by atoms with E-state index in [1.807, 2.05) is 0 Å². The first-order chi connectivity index (χ1) is 7.70. The van der Waals surface area contributed by atoms with Crippen molar-refractivity contribution < 1.29 is 0 Å². The molecule has 0 amide bonds. The van der Waals surface area contributed by atoms with Crippen LogP contribution in [0, 0.1) is 17.2 Å². The SMILES string of the molecule is CC(CC1CC1)Nc1nccc(C#N)c1N. The summed E-state index contributed by atoms with van der Waals surface area (Å²) >= 11 is 0. The van der Waals surface area contributed by atoms with Crippen LogP contribution in [-0.2, 0) is 0 Å². The molecular weight excluding hydrogens is 200 g/mol. The summed E-state index contributed by atoms with van der Waals surface area (Å²) in [5.74, 6) is 1.50. The molecule has 0 saturated heterocycles. The molecule has 16 heavy (non-hydrogen) atoms. The lowest BCUT2D eigenvalue weighted by Crippen LogP contribution is -2.18. The lowest BCUT2D eigenvalue weighted by Gasteiger charge is -2.15. The molecule has 1 unspecified atom stereocenters. The van der Waals surface area contributed by atoms with Crippen LogP contribution in [0.4, 0.5) is 11.5 Å². The van der Waals surface area contributed by atoms with Crippen molar-refractivity contribution in [1.82, 2.24) is 4.98 Å². The second-order valence-electron chi connectivity index (χ2n) is 4.46. The Bertz CT molecular complexity index is 418. The van der Waals surface area contributed by atoms with Crippen molar-refractivity contribution >= 4 is 11.5 Å². The van der Waals surface area contributed by atoms with Crippen LogP contribution in [0.25, 0.3) is 0 Å². The normalized spacial score (nSPS) is 16.5. The Morgan fingerprint density at radius 2 is 2.44 bits per heavy atom. The predicted molar refractivity (Wildman–Crippen MR) is 63.8 cm³/mol. The van der Waals surface area contributed by atoms with Crippen LogP contribution in [0.3, 0.4) is 0 Å². The first-order valence-corrected chi connectivity index (χ1v) is 5.62. The molecule has 3 N–H and O–H groups in total. The van der Waals surface area contributed by atoms with Crippen LogP contribution in [-0.4, -0.2) is 11.0 Å². The Morgan fingerprint density at radius 3 is 3.06 bits per heavy atom. The number of hydrogen-bond acceptors (Lipinski definition) is 4. The van der Waals surface area contributed by atoms with Crippen molar-refractivity contribution in [3.8, 4) is 6.07 Å². The Labute approximate surface area is 95.5 Å². The number of pyridine rings is 1. The molecule has 4 nitrogen and oxygen atoms in total. The number of nitrogens with one attached hydrogen (secondary N) is 1. The third-order valence-corrected chi connectivity index (χ3v) is 2.88. The highest BCUT2D eigenvalue weighted by atomic mass is 15.0. The lowest BCUT2D eigenvalue weighted by molar-refractivity contribution is 0.640. The number of rotatable bonds is 4. The number of aromatic nitrogens is 1. The molecule has 1 saturated carbocycles. The average molecular weight is 216 g/mol.